The summed E-state index contributed by atoms with van der Waals surface area (Å²) in [5, 5.41) is 0. The van der Waals surface area contributed by atoms with Gasteiger partial charge in [0.05, 0.1) is 0 Å². The first-order chi connectivity index (χ1) is 14.4. The number of fused-ring (bicyclic) bond motifs is 3. The molecule has 0 bridgehead atoms. The number of hydrogen-bond acceptors (Lipinski definition) is 1. The molecule has 1 nitrogen and oxygen atoms in total. The van der Waals surface area contributed by atoms with Crippen LogP contribution in [0.15, 0.2) is 36.4 Å². The predicted octanol–water partition coefficient (Wildman–Crippen LogP) is 8.27. The number of unbranched alkanes of at least 4 members (excludes halogenated alkanes) is 1. The van der Waals surface area contributed by atoms with Crippen molar-refractivity contribution in [2.24, 2.45) is 29.6 Å². The van der Waals surface area contributed by atoms with Crippen molar-refractivity contribution in [3.8, 4) is 5.75 Å². The molecule has 1 aromatic carbocycles. The summed E-state index contributed by atoms with van der Waals surface area (Å²) >= 11 is 0. The molecule has 0 unspecified atom stereocenters. The summed E-state index contributed by atoms with van der Waals surface area (Å²) < 4.78 is 41.2. The summed E-state index contributed by atoms with van der Waals surface area (Å²) in [6, 6.07) is 6.62. The molecular formula is C26H35F3O. The Bertz CT molecular complexity index is 708. The van der Waals surface area contributed by atoms with Crippen LogP contribution in [0, 0.1) is 29.6 Å². The second-order valence-corrected chi connectivity index (χ2v) is 9.84. The fourth-order valence-electron chi connectivity index (χ4n) is 6.71. The maximum Gasteiger partial charge on any atom is 0.573 e. The van der Waals surface area contributed by atoms with E-state index in [1.165, 1.54) is 81.9 Å². The molecule has 166 valence electrons. The third-order valence-electron chi connectivity index (χ3n) is 8.03. The largest absolute Gasteiger partial charge is 0.573 e. The van der Waals surface area contributed by atoms with E-state index >= 15 is 0 Å². The van der Waals surface area contributed by atoms with Crippen LogP contribution in [0.2, 0.25) is 0 Å². The average molecular weight is 421 g/mol. The maximum atomic E-state index is 12.4. The number of benzene rings is 1. The molecule has 6 atom stereocenters. The van der Waals surface area contributed by atoms with Crippen molar-refractivity contribution in [2.75, 3.05) is 0 Å². The van der Waals surface area contributed by atoms with E-state index in [2.05, 4.69) is 23.8 Å². The fourth-order valence-corrected chi connectivity index (χ4v) is 6.71. The van der Waals surface area contributed by atoms with Crippen LogP contribution in [0.3, 0.4) is 0 Å². The lowest BCUT2D eigenvalue weighted by Crippen LogP contribution is -2.41. The molecule has 0 heterocycles. The summed E-state index contributed by atoms with van der Waals surface area (Å²) in [6.07, 6.45) is 13.2. The lowest BCUT2D eigenvalue weighted by Gasteiger charge is -2.50. The second kappa shape index (κ2) is 9.36. The molecule has 0 aliphatic heterocycles. The van der Waals surface area contributed by atoms with E-state index in [1.807, 2.05) is 12.1 Å². The van der Waals surface area contributed by atoms with Crippen molar-refractivity contribution in [1.29, 1.82) is 0 Å². The zero-order chi connectivity index (χ0) is 21.1. The van der Waals surface area contributed by atoms with Gasteiger partial charge in [0, 0.05) is 0 Å². The van der Waals surface area contributed by atoms with Crippen molar-refractivity contribution in [3.63, 3.8) is 0 Å². The van der Waals surface area contributed by atoms with Crippen molar-refractivity contribution in [2.45, 2.75) is 83.4 Å². The first-order valence-corrected chi connectivity index (χ1v) is 11.9. The summed E-state index contributed by atoms with van der Waals surface area (Å²) in [7, 11) is 0. The van der Waals surface area contributed by atoms with Gasteiger partial charge in [0.2, 0.25) is 0 Å². The highest BCUT2D eigenvalue weighted by atomic mass is 19.4. The lowest BCUT2D eigenvalue weighted by molar-refractivity contribution is -0.274. The third-order valence-corrected chi connectivity index (χ3v) is 8.03. The number of hydrogen-bond donors (Lipinski definition) is 0. The molecule has 1 aromatic rings. The van der Waals surface area contributed by atoms with Crippen LogP contribution >= 0.6 is 0 Å². The highest BCUT2D eigenvalue weighted by Gasteiger charge is 2.44. The van der Waals surface area contributed by atoms with E-state index in [0.717, 1.165) is 29.6 Å². The molecule has 4 rings (SSSR count). The first-order valence-electron chi connectivity index (χ1n) is 11.9. The van der Waals surface area contributed by atoms with E-state index in [9.17, 15) is 13.2 Å². The molecule has 0 saturated heterocycles. The predicted molar refractivity (Wildman–Crippen MR) is 114 cm³/mol. The molecule has 0 amide bonds. The molecule has 0 spiro atoms. The van der Waals surface area contributed by atoms with Crippen LogP contribution in [0.4, 0.5) is 13.2 Å². The zero-order valence-corrected chi connectivity index (χ0v) is 18.0. The van der Waals surface area contributed by atoms with Gasteiger partial charge in [-0.1, -0.05) is 37.6 Å². The fraction of sp³-hybridized carbons (Fsp3) is 0.692. The highest BCUT2D eigenvalue weighted by Crippen LogP contribution is 2.54. The van der Waals surface area contributed by atoms with E-state index in [1.54, 1.807) is 0 Å². The van der Waals surface area contributed by atoms with Gasteiger partial charge < -0.3 is 4.74 Å². The van der Waals surface area contributed by atoms with Gasteiger partial charge in [-0.15, -0.1) is 13.2 Å². The monoisotopic (exact) mass is 420 g/mol. The van der Waals surface area contributed by atoms with Gasteiger partial charge in [-0.2, -0.15) is 0 Å². The Labute approximate surface area is 179 Å². The molecule has 0 aromatic heterocycles. The van der Waals surface area contributed by atoms with Gasteiger partial charge in [-0.25, -0.2) is 0 Å². The van der Waals surface area contributed by atoms with Crippen molar-refractivity contribution in [3.05, 3.63) is 42.0 Å². The van der Waals surface area contributed by atoms with Crippen LogP contribution in [0.5, 0.6) is 5.75 Å². The van der Waals surface area contributed by atoms with Gasteiger partial charge in [-0.3, -0.25) is 0 Å². The Morgan fingerprint density at radius 3 is 2.23 bits per heavy atom. The van der Waals surface area contributed by atoms with Crippen LogP contribution < -0.4 is 4.74 Å². The number of halogens is 3. The molecule has 3 aliphatic rings. The molecule has 30 heavy (non-hydrogen) atoms. The SMILES string of the molecule is CCCC=C[C@@H]1CC[C@H]2[C@H](CC[C@H]3C[C@H](c4ccc(OC(F)(F)F)cc4)CC[C@@H]32)C1. The molecule has 0 N–H and O–H groups in total. The van der Waals surface area contributed by atoms with Gasteiger partial charge >= 0.3 is 6.36 Å². The average Bonchev–Trinajstić information content (AvgIpc) is 2.73. The van der Waals surface area contributed by atoms with Crippen molar-refractivity contribution >= 4 is 0 Å². The second-order valence-electron chi connectivity index (χ2n) is 9.84. The number of rotatable bonds is 5. The maximum absolute atomic E-state index is 12.4. The van der Waals surface area contributed by atoms with Crippen LogP contribution in [-0.4, -0.2) is 6.36 Å². The Morgan fingerprint density at radius 2 is 1.57 bits per heavy atom. The number of allylic oxidation sites excluding steroid dienone is 2. The number of alkyl halides is 3. The van der Waals surface area contributed by atoms with Crippen molar-refractivity contribution < 1.29 is 17.9 Å². The summed E-state index contributed by atoms with van der Waals surface area (Å²) in [5.74, 6) is 4.63. The Kier molecular flexibility index (Phi) is 6.79. The molecule has 4 heteroatoms. The van der Waals surface area contributed by atoms with E-state index in [-0.39, 0.29) is 5.75 Å². The summed E-state index contributed by atoms with van der Waals surface area (Å²) in [6.45, 7) is 2.24. The standard InChI is InChI=1S/C26H35F3O/c1-2-3-4-5-18-6-14-24-21(16-18)7-8-22-17-20(11-15-25(22)24)19-9-12-23(13-10-19)30-26(27,28)29/h4-5,9-10,12-13,18,20-22,24-25H,2-3,6-8,11,14-17H2,1H3/t18-,20-,21-,22+,24+,25+/m1/s1. The van der Waals surface area contributed by atoms with Crippen LogP contribution in [-0.2, 0) is 0 Å². The van der Waals surface area contributed by atoms with E-state index in [0.29, 0.717) is 5.92 Å². The van der Waals surface area contributed by atoms with Gasteiger partial charge in [0.15, 0.2) is 0 Å². The normalized spacial score (nSPS) is 34.4. The minimum Gasteiger partial charge on any atom is -0.406 e. The topological polar surface area (TPSA) is 9.23 Å². The van der Waals surface area contributed by atoms with Gasteiger partial charge in [0.1, 0.15) is 5.75 Å². The Morgan fingerprint density at radius 1 is 0.900 bits per heavy atom. The molecule has 0 radical (unpaired) electrons. The quantitative estimate of drug-likeness (QED) is 0.436. The van der Waals surface area contributed by atoms with E-state index in [4.69, 9.17) is 0 Å². The smallest absolute Gasteiger partial charge is 0.406 e. The van der Waals surface area contributed by atoms with Gasteiger partial charge in [0.25, 0.3) is 0 Å². The molecule has 3 fully saturated rings. The highest BCUT2D eigenvalue weighted by molar-refractivity contribution is 5.30. The van der Waals surface area contributed by atoms with Crippen molar-refractivity contribution in [1.82, 2.24) is 0 Å². The zero-order valence-electron chi connectivity index (χ0n) is 18.0. The Hall–Kier alpha value is -1.45. The first kappa shape index (κ1) is 21.8. The van der Waals surface area contributed by atoms with E-state index < -0.39 is 6.36 Å². The number of ether oxygens (including phenoxy) is 1. The minimum absolute atomic E-state index is 0.120. The van der Waals surface area contributed by atoms with Gasteiger partial charge in [-0.05, 0) is 111 Å². The Balaban J connectivity index is 1.33. The van der Waals surface area contributed by atoms with Crippen LogP contribution in [0.25, 0.3) is 0 Å². The molecule has 3 saturated carbocycles. The third kappa shape index (κ3) is 5.23. The lowest BCUT2D eigenvalue weighted by atomic mass is 9.55. The molecular weight excluding hydrogens is 385 g/mol. The minimum atomic E-state index is -4.62. The molecule has 3 aliphatic carbocycles. The summed E-state index contributed by atoms with van der Waals surface area (Å²) in [4.78, 5) is 0. The van der Waals surface area contributed by atoms with Crippen LogP contribution in [0.1, 0.15) is 82.6 Å². The summed E-state index contributed by atoms with van der Waals surface area (Å²) in [5.41, 5.74) is 1.18.